The maximum absolute atomic E-state index is 11.9. The van der Waals surface area contributed by atoms with E-state index in [1.54, 1.807) is 0 Å². The van der Waals surface area contributed by atoms with Crippen LogP contribution >= 0.6 is 0 Å². The summed E-state index contributed by atoms with van der Waals surface area (Å²) in [6, 6.07) is 0. The second-order valence-electron chi connectivity index (χ2n) is 4.05. The van der Waals surface area contributed by atoms with Gasteiger partial charge in [0.25, 0.3) is 0 Å². The summed E-state index contributed by atoms with van der Waals surface area (Å²) in [6.45, 7) is 0.170. The molecular formula is C10H17NO7S. The quantitative estimate of drug-likeness (QED) is 0.629. The molecule has 0 saturated carbocycles. The van der Waals surface area contributed by atoms with E-state index in [0.29, 0.717) is 0 Å². The number of aliphatic carboxylic acids is 1. The molecule has 1 atom stereocenters. The van der Waals surface area contributed by atoms with Gasteiger partial charge in [0.05, 0.1) is 26.0 Å². The lowest BCUT2D eigenvalue weighted by Crippen LogP contribution is -2.49. The molecule has 1 heterocycles. The number of rotatable bonds is 6. The first-order valence-electron chi connectivity index (χ1n) is 5.76. The number of hydrogen-bond donors (Lipinski definition) is 1. The Labute approximate surface area is 111 Å². The molecule has 19 heavy (non-hydrogen) atoms. The Hall–Kier alpha value is -1.19. The van der Waals surface area contributed by atoms with Gasteiger partial charge in [-0.3, -0.25) is 4.79 Å². The molecule has 8 nitrogen and oxygen atoms in total. The minimum atomic E-state index is -3.57. The number of ether oxygens (including phenoxy) is 2. The summed E-state index contributed by atoms with van der Waals surface area (Å²) in [4.78, 5) is 21.6. The van der Waals surface area contributed by atoms with E-state index in [-0.39, 0.29) is 38.3 Å². The molecule has 0 amide bonds. The van der Waals surface area contributed by atoms with Gasteiger partial charge in [-0.15, -0.1) is 0 Å². The summed E-state index contributed by atoms with van der Waals surface area (Å²) in [7, 11) is -2.37. The molecule has 9 heteroatoms. The average molecular weight is 295 g/mol. The van der Waals surface area contributed by atoms with Gasteiger partial charge in [-0.2, -0.15) is 4.31 Å². The maximum Gasteiger partial charge on any atom is 0.336 e. The van der Waals surface area contributed by atoms with Crippen molar-refractivity contribution in [2.45, 2.75) is 18.9 Å². The number of carboxylic acids is 1. The molecular weight excluding hydrogens is 278 g/mol. The fraction of sp³-hybridized carbons (Fsp3) is 0.800. The number of carbonyl (C=O) groups excluding carboxylic acids is 1. The third kappa shape index (κ3) is 4.77. The lowest BCUT2D eigenvalue weighted by Gasteiger charge is -2.30. The molecule has 1 aliphatic heterocycles. The predicted molar refractivity (Wildman–Crippen MR) is 64.0 cm³/mol. The van der Waals surface area contributed by atoms with Crippen molar-refractivity contribution in [1.29, 1.82) is 0 Å². The zero-order valence-corrected chi connectivity index (χ0v) is 11.4. The highest BCUT2D eigenvalue weighted by Gasteiger charge is 2.33. The van der Waals surface area contributed by atoms with Gasteiger partial charge in [0.2, 0.25) is 10.0 Å². The van der Waals surface area contributed by atoms with E-state index in [2.05, 4.69) is 4.74 Å². The summed E-state index contributed by atoms with van der Waals surface area (Å²) in [6.07, 6.45) is -1.09. The molecule has 1 unspecified atom stereocenters. The van der Waals surface area contributed by atoms with Crippen molar-refractivity contribution < 1.29 is 32.6 Å². The Kier molecular flexibility index (Phi) is 5.70. The van der Waals surface area contributed by atoms with Gasteiger partial charge in [0, 0.05) is 13.0 Å². The van der Waals surface area contributed by atoms with Gasteiger partial charge >= 0.3 is 11.9 Å². The van der Waals surface area contributed by atoms with Gasteiger partial charge in [-0.25, -0.2) is 13.2 Å². The molecule has 0 aromatic rings. The molecule has 1 fully saturated rings. The Morgan fingerprint density at radius 3 is 2.74 bits per heavy atom. The number of sulfonamides is 1. The molecule has 1 rings (SSSR count). The van der Waals surface area contributed by atoms with E-state index in [4.69, 9.17) is 9.84 Å². The summed E-state index contributed by atoms with van der Waals surface area (Å²) in [5.41, 5.74) is 0. The van der Waals surface area contributed by atoms with Gasteiger partial charge in [0.1, 0.15) is 0 Å². The first-order valence-corrected chi connectivity index (χ1v) is 7.37. The van der Waals surface area contributed by atoms with Crippen molar-refractivity contribution in [2.75, 3.05) is 32.6 Å². The van der Waals surface area contributed by atoms with E-state index in [9.17, 15) is 18.0 Å². The molecule has 0 aromatic heterocycles. The van der Waals surface area contributed by atoms with Crippen molar-refractivity contribution in [1.82, 2.24) is 4.31 Å². The van der Waals surface area contributed by atoms with Gasteiger partial charge in [-0.1, -0.05) is 0 Å². The highest BCUT2D eigenvalue weighted by atomic mass is 32.2. The van der Waals surface area contributed by atoms with Crippen molar-refractivity contribution in [3.8, 4) is 0 Å². The van der Waals surface area contributed by atoms with Crippen molar-refractivity contribution in [3.05, 3.63) is 0 Å². The first kappa shape index (κ1) is 15.9. The highest BCUT2D eigenvalue weighted by Crippen LogP contribution is 2.13. The van der Waals surface area contributed by atoms with Crippen LogP contribution in [0.1, 0.15) is 12.8 Å². The monoisotopic (exact) mass is 295 g/mol. The Morgan fingerprint density at radius 2 is 2.16 bits per heavy atom. The van der Waals surface area contributed by atoms with Crippen molar-refractivity contribution >= 4 is 22.0 Å². The van der Waals surface area contributed by atoms with Gasteiger partial charge < -0.3 is 14.6 Å². The molecule has 110 valence electrons. The Bertz CT molecular complexity index is 433. The van der Waals surface area contributed by atoms with E-state index in [0.717, 1.165) is 4.31 Å². The second-order valence-corrected chi connectivity index (χ2v) is 6.14. The number of carbonyl (C=O) groups is 2. The lowest BCUT2D eigenvalue weighted by molar-refractivity contribution is -0.157. The van der Waals surface area contributed by atoms with Crippen LogP contribution in [0.25, 0.3) is 0 Å². The zero-order valence-electron chi connectivity index (χ0n) is 10.6. The molecule has 0 radical (unpaired) electrons. The molecule has 1 saturated heterocycles. The van der Waals surface area contributed by atoms with Crippen LogP contribution in [-0.2, 0) is 29.1 Å². The van der Waals surface area contributed by atoms with Crippen LogP contribution in [-0.4, -0.2) is 68.4 Å². The average Bonchev–Trinajstić information content (AvgIpc) is 2.37. The van der Waals surface area contributed by atoms with Crippen LogP contribution in [0.4, 0.5) is 0 Å². The molecule has 0 aliphatic carbocycles. The summed E-state index contributed by atoms with van der Waals surface area (Å²) in [5, 5.41) is 8.48. The molecule has 0 bridgehead atoms. The topological polar surface area (TPSA) is 110 Å². The molecule has 1 N–H and O–H groups in total. The minimum absolute atomic E-state index is 0.0396. The van der Waals surface area contributed by atoms with Crippen LogP contribution in [0.15, 0.2) is 0 Å². The van der Waals surface area contributed by atoms with Crippen molar-refractivity contribution in [2.24, 2.45) is 0 Å². The largest absolute Gasteiger partial charge is 0.481 e. The highest BCUT2D eigenvalue weighted by molar-refractivity contribution is 7.89. The SMILES string of the molecule is COC(=O)C1CN(S(=O)(=O)CCCC(=O)O)CCO1. The second kappa shape index (κ2) is 6.83. The van der Waals surface area contributed by atoms with E-state index >= 15 is 0 Å². The van der Waals surface area contributed by atoms with Crippen LogP contribution in [0.3, 0.4) is 0 Å². The third-order valence-corrected chi connectivity index (χ3v) is 4.60. The zero-order chi connectivity index (χ0) is 14.5. The summed E-state index contributed by atoms with van der Waals surface area (Å²) in [5.74, 6) is -1.91. The maximum atomic E-state index is 11.9. The molecule has 0 aromatic carbocycles. The Balaban J connectivity index is 2.57. The smallest absolute Gasteiger partial charge is 0.336 e. The number of hydrogen-bond acceptors (Lipinski definition) is 6. The van der Waals surface area contributed by atoms with Gasteiger partial charge in [-0.05, 0) is 6.42 Å². The van der Waals surface area contributed by atoms with Gasteiger partial charge in [0.15, 0.2) is 6.10 Å². The molecule has 0 spiro atoms. The Morgan fingerprint density at radius 1 is 1.47 bits per heavy atom. The minimum Gasteiger partial charge on any atom is -0.481 e. The first-order chi connectivity index (χ1) is 8.86. The fourth-order valence-electron chi connectivity index (χ4n) is 1.69. The lowest BCUT2D eigenvalue weighted by atomic mass is 10.3. The van der Waals surface area contributed by atoms with Crippen molar-refractivity contribution in [3.63, 3.8) is 0 Å². The normalized spacial score (nSPS) is 21.0. The van der Waals surface area contributed by atoms with Crippen LogP contribution in [0.5, 0.6) is 0 Å². The van der Waals surface area contributed by atoms with E-state index < -0.39 is 28.1 Å². The standard InChI is InChI=1S/C10H17NO7S/c1-17-10(14)8-7-11(4-5-18-8)19(15,16)6-2-3-9(12)13/h8H,2-7H2,1H3,(H,12,13). The van der Waals surface area contributed by atoms with E-state index in [1.807, 2.05) is 0 Å². The fourth-order valence-corrected chi connectivity index (χ4v) is 3.17. The summed E-state index contributed by atoms with van der Waals surface area (Å²) < 4.78 is 34.7. The summed E-state index contributed by atoms with van der Waals surface area (Å²) >= 11 is 0. The number of carboxylic acid groups (broad SMARTS) is 1. The number of nitrogens with zero attached hydrogens (tertiary/aromatic N) is 1. The van der Waals surface area contributed by atoms with Crippen LogP contribution in [0, 0.1) is 0 Å². The number of esters is 1. The van der Waals surface area contributed by atoms with E-state index in [1.165, 1.54) is 7.11 Å². The van der Waals surface area contributed by atoms with Crippen LogP contribution in [0.2, 0.25) is 0 Å². The third-order valence-electron chi connectivity index (χ3n) is 2.68. The predicted octanol–water partition coefficient (Wildman–Crippen LogP) is -0.945. The number of morpholine rings is 1. The number of methoxy groups -OCH3 is 1. The molecule has 1 aliphatic rings. The van der Waals surface area contributed by atoms with Crippen LogP contribution < -0.4 is 0 Å².